The molecule has 4 rings (SSSR count). The number of sulfonamides is 1. The van der Waals surface area contributed by atoms with E-state index in [0.29, 0.717) is 6.20 Å². The summed E-state index contributed by atoms with van der Waals surface area (Å²) in [5.74, 6) is 0.217. The molecule has 0 radical (unpaired) electrons. The lowest BCUT2D eigenvalue weighted by Crippen LogP contribution is -2.43. The second kappa shape index (κ2) is 9.16. The predicted molar refractivity (Wildman–Crippen MR) is 127 cm³/mol. The van der Waals surface area contributed by atoms with Crippen molar-refractivity contribution in [2.75, 3.05) is 18.0 Å². The zero-order valence-electron chi connectivity index (χ0n) is 19.5. The van der Waals surface area contributed by atoms with E-state index in [1.165, 1.54) is 29.8 Å². The standard InChI is InChI=1S/C25H26F3N3O3S/c1-17(31-16-24(2,3)21-6-4-5-7-22(21)31)14-30-35(32,33)20-11-9-19(10-12-20)34-23-13-8-18(15-29-23)25(26,27)28/h4-13,15,17,30H,14,16H2,1-3H3. The normalized spacial score (nSPS) is 16.1. The van der Waals surface area contributed by atoms with Gasteiger partial charge in [-0.15, -0.1) is 0 Å². The van der Waals surface area contributed by atoms with Crippen molar-refractivity contribution in [3.05, 3.63) is 78.0 Å². The van der Waals surface area contributed by atoms with Gasteiger partial charge in [-0.05, 0) is 48.9 Å². The molecular formula is C25H26F3N3O3S. The topological polar surface area (TPSA) is 71.5 Å². The van der Waals surface area contributed by atoms with Crippen molar-refractivity contribution in [3.63, 3.8) is 0 Å². The first-order valence-corrected chi connectivity index (χ1v) is 12.5. The largest absolute Gasteiger partial charge is 0.439 e. The van der Waals surface area contributed by atoms with Gasteiger partial charge < -0.3 is 9.64 Å². The number of fused-ring (bicyclic) bond motifs is 1. The first-order chi connectivity index (χ1) is 16.4. The number of rotatable bonds is 7. The number of hydrogen-bond donors (Lipinski definition) is 1. The Kier molecular flexibility index (Phi) is 6.54. The Hall–Kier alpha value is -3.11. The zero-order valence-corrected chi connectivity index (χ0v) is 20.3. The van der Waals surface area contributed by atoms with E-state index in [9.17, 15) is 21.6 Å². The molecule has 0 bridgehead atoms. The van der Waals surface area contributed by atoms with Gasteiger partial charge in [0.2, 0.25) is 15.9 Å². The molecule has 6 nitrogen and oxygen atoms in total. The van der Waals surface area contributed by atoms with Crippen molar-refractivity contribution >= 4 is 15.7 Å². The maximum atomic E-state index is 12.8. The van der Waals surface area contributed by atoms with Gasteiger partial charge in [-0.25, -0.2) is 18.1 Å². The summed E-state index contributed by atoms with van der Waals surface area (Å²) in [5, 5.41) is 0. The third-order valence-corrected chi connectivity index (χ3v) is 7.47. The molecule has 1 atom stereocenters. The highest BCUT2D eigenvalue weighted by atomic mass is 32.2. The van der Waals surface area contributed by atoms with Crippen molar-refractivity contribution in [3.8, 4) is 11.6 Å². The third kappa shape index (κ3) is 5.43. The Morgan fingerprint density at radius 2 is 1.77 bits per heavy atom. The Labute approximate surface area is 202 Å². The Balaban J connectivity index is 1.39. The molecule has 1 aliphatic heterocycles. The molecule has 0 amide bonds. The molecule has 1 N–H and O–H groups in total. The molecule has 1 aliphatic rings. The van der Waals surface area contributed by atoms with Crippen LogP contribution in [0.3, 0.4) is 0 Å². The smallest absolute Gasteiger partial charge is 0.417 e. The van der Waals surface area contributed by atoms with E-state index >= 15 is 0 Å². The second-order valence-electron chi connectivity index (χ2n) is 9.19. The molecule has 2 heterocycles. The molecule has 1 unspecified atom stereocenters. The van der Waals surface area contributed by atoms with Crippen LogP contribution in [0.5, 0.6) is 11.6 Å². The van der Waals surface area contributed by atoms with Crippen molar-refractivity contribution in [1.29, 1.82) is 0 Å². The highest BCUT2D eigenvalue weighted by Crippen LogP contribution is 2.41. The van der Waals surface area contributed by atoms with Crippen LogP contribution in [0.15, 0.2) is 71.8 Å². The molecule has 3 aromatic rings. The van der Waals surface area contributed by atoms with E-state index in [1.807, 2.05) is 19.1 Å². The van der Waals surface area contributed by atoms with Crippen LogP contribution in [-0.4, -0.2) is 32.5 Å². The molecule has 2 aromatic carbocycles. The molecular weight excluding hydrogens is 479 g/mol. The van der Waals surface area contributed by atoms with Gasteiger partial charge in [0.15, 0.2) is 0 Å². The van der Waals surface area contributed by atoms with Crippen molar-refractivity contribution in [1.82, 2.24) is 9.71 Å². The lowest BCUT2D eigenvalue weighted by Gasteiger charge is -2.29. The van der Waals surface area contributed by atoms with Crippen molar-refractivity contribution in [2.24, 2.45) is 0 Å². The molecule has 0 fully saturated rings. The Bertz CT molecular complexity index is 1290. The van der Waals surface area contributed by atoms with Crippen LogP contribution in [0.1, 0.15) is 31.9 Å². The summed E-state index contributed by atoms with van der Waals surface area (Å²) in [5.41, 5.74) is 1.45. The van der Waals surface area contributed by atoms with Gasteiger partial charge in [-0.1, -0.05) is 32.0 Å². The average molecular weight is 506 g/mol. The quantitative estimate of drug-likeness (QED) is 0.468. The van der Waals surface area contributed by atoms with Crippen LogP contribution < -0.4 is 14.4 Å². The number of para-hydroxylation sites is 1. The maximum Gasteiger partial charge on any atom is 0.417 e. The lowest BCUT2D eigenvalue weighted by atomic mass is 9.87. The fraction of sp³-hybridized carbons (Fsp3) is 0.320. The minimum Gasteiger partial charge on any atom is -0.439 e. The van der Waals surface area contributed by atoms with E-state index < -0.39 is 21.8 Å². The molecule has 0 spiro atoms. The van der Waals surface area contributed by atoms with Gasteiger partial charge in [0.1, 0.15) is 5.75 Å². The maximum absolute atomic E-state index is 12.8. The summed E-state index contributed by atoms with van der Waals surface area (Å²) in [6.07, 6.45) is -3.81. The van der Waals surface area contributed by atoms with Gasteiger partial charge in [0.05, 0.1) is 10.5 Å². The number of nitrogens with zero attached hydrogens (tertiary/aromatic N) is 2. The Morgan fingerprint density at radius 1 is 1.09 bits per heavy atom. The zero-order chi connectivity index (χ0) is 25.4. The molecule has 0 saturated carbocycles. The minimum absolute atomic E-state index is 0.0263. The van der Waals surface area contributed by atoms with Crippen LogP contribution in [0.4, 0.5) is 18.9 Å². The monoisotopic (exact) mass is 505 g/mol. The first-order valence-electron chi connectivity index (χ1n) is 11.0. The summed E-state index contributed by atoms with van der Waals surface area (Å²) in [6, 6.07) is 15.7. The number of pyridine rings is 1. The van der Waals surface area contributed by atoms with Gasteiger partial charge >= 0.3 is 6.18 Å². The van der Waals surface area contributed by atoms with Crippen LogP contribution in [-0.2, 0) is 21.6 Å². The van der Waals surface area contributed by atoms with Crippen molar-refractivity contribution in [2.45, 2.75) is 43.3 Å². The molecule has 1 aromatic heterocycles. The van der Waals surface area contributed by atoms with Gasteiger partial charge in [0.25, 0.3) is 0 Å². The second-order valence-corrected chi connectivity index (χ2v) is 11.0. The number of aromatic nitrogens is 1. The summed E-state index contributed by atoms with van der Waals surface area (Å²) in [4.78, 5) is 5.92. The molecule has 0 aliphatic carbocycles. The fourth-order valence-electron chi connectivity index (χ4n) is 4.13. The van der Waals surface area contributed by atoms with Crippen LogP contribution in [0.2, 0.25) is 0 Å². The van der Waals surface area contributed by atoms with Crippen LogP contribution in [0.25, 0.3) is 0 Å². The van der Waals surface area contributed by atoms with Gasteiger partial charge in [-0.3, -0.25) is 0 Å². The number of anilines is 1. The first kappa shape index (κ1) is 25.0. The van der Waals surface area contributed by atoms with E-state index in [-0.39, 0.29) is 34.5 Å². The number of ether oxygens (including phenoxy) is 1. The van der Waals surface area contributed by atoms with Gasteiger partial charge in [0, 0.05) is 42.5 Å². The average Bonchev–Trinajstić information content (AvgIpc) is 3.09. The number of halogens is 3. The summed E-state index contributed by atoms with van der Waals surface area (Å²) >= 11 is 0. The highest BCUT2D eigenvalue weighted by molar-refractivity contribution is 7.89. The Morgan fingerprint density at radius 3 is 2.40 bits per heavy atom. The summed E-state index contributed by atoms with van der Waals surface area (Å²) in [6.45, 7) is 7.34. The predicted octanol–water partition coefficient (Wildman–Crippen LogP) is 5.36. The van der Waals surface area contributed by atoms with Crippen LogP contribution in [0, 0.1) is 0 Å². The number of alkyl halides is 3. The molecule has 10 heteroatoms. The third-order valence-electron chi connectivity index (χ3n) is 6.03. The van der Waals surface area contributed by atoms with Gasteiger partial charge in [-0.2, -0.15) is 13.2 Å². The fourth-order valence-corrected chi connectivity index (χ4v) is 5.25. The number of hydrogen-bond acceptors (Lipinski definition) is 5. The molecule has 0 saturated heterocycles. The molecule has 35 heavy (non-hydrogen) atoms. The summed E-state index contributed by atoms with van der Waals surface area (Å²) in [7, 11) is -3.78. The SMILES string of the molecule is CC(CNS(=O)(=O)c1ccc(Oc2ccc(C(F)(F)F)cn2)cc1)N1CC(C)(C)c2ccccc21. The number of benzene rings is 2. The molecule has 186 valence electrons. The minimum atomic E-state index is -4.49. The van der Waals surface area contributed by atoms with E-state index in [2.05, 4.69) is 40.6 Å². The number of nitrogens with one attached hydrogen (secondary N) is 1. The highest BCUT2D eigenvalue weighted by Gasteiger charge is 2.36. The van der Waals surface area contributed by atoms with Crippen LogP contribution >= 0.6 is 0 Å². The van der Waals surface area contributed by atoms with E-state index in [4.69, 9.17) is 4.74 Å². The van der Waals surface area contributed by atoms with Crippen molar-refractivity contribution < 1.29 is 26.3 Å². The van der Waals surface area contributed by atoms with E-state index in [1.54, 1.807) is 0 Å². The lowest BCUT2D eigenvalue weighted by molar-refractivity contribution is -0.137. The van der Waals surface area contributed by atoms with E-state index in [0.717, 1.165) is 24.4 Å². The summed E-state index contributed by atoms with van der Waals surface area (Å²) < 4.78 is 71.7.